The zero-order chi connectivity index (χ0) is 10.4. The molecule has 0 radical (unpaired) electrons. The number of allylic oxidation sites excluding steroid dienone is 1. The van der Waals surface area contributed by atoms with Gasteiger partial charge in [0.1, 0.15) is 0 Å². The topological polar surface area (TPSA) is 70.0 Å². The number of nitriles is 1. The number of hydrogen-bond acceptors (Lipinski definition) is 3. The van der Waals surface area contributed by atoms with Crippen molar-refractivity contribution in [3.63, 3.8) is 0 Å². The molecule has 0 atom stereocenters. The molecule has 5 heteroatoms. The molecule has 0 fully saturated rings. The molecule has 14 heavy (non-hydrogen) atoms. The summed E-state index contributed by atoms with van der Waals surface area (Å²) in [6, 6.07) is 10.1. The van der Waals surface area contributed by atoms with E-state index in [4.69, 9.17) is 5.26 Å². The summed E-state index contributed by atoms with van der Waals surface area (Å²) in [5, 5.41) is 8.99. The lowest BCUT2D eigenvalue weighted by atomic mass is 10.3. The van der Waals surface area contributed by atoms with Gasteiger partial charge in [-0.05, 0) is 12.1 Å². The first-order chi connectivity index (χ1) is 6.64. The second-order valence-electron chi connectivity index (χ2n) is 2.44. The van der Waals surface area contributed by atoms with Gasteiger partial charge in [-0.15, -0.1) is 0 Å². The minimum atomic E-state index is -3.55. The van der Waals surface area contributed by atoms with Crippen molar-refractivity contribution in [2.45, 2.75) is 0 Å². The zero-order valence-electron chi connectivity index (χ0n) is 7.21. The van der Waals surface area contributed by atoms with Crippen molar-refractivity contribution in [1.29, 1.82) is 5.26 Å². The fourth-order valence-corrected chi connectivity index (χ4v) is 1.60. The first-order valence-electron chi connectivity index (χ1n) is 3.78. The Hall–Kier alpha value is -1.80. The maximum absolute atomic E-state index is 11.2. The minimum Gasteiger partial charge on any atom is -0.280 e. The van der Waals surface area contributed by atoms with Gasteiger partial charge in [-0.2, -0.15) is 5.26 Å². The van der Waals surface area contributed by atoms with Crippen LogP contribution in [0.4, 0.5) is 5.69 Å². The van der Waals surface area contributed by atoms with Crippen LogP contribution in [0.2, 0.25) is 0 Å². The average Bonchev–Trinajstić information content (AvgIpc) is 2.16. The van der Waals surface area contributed by atoms with Crippen LogP contribution in [0.5, 0.6) is 0 Å². The standard InChI is InChI=1S/C9H8N2O2S/c10-7-4-8-14(12,13)11-9-5-2-1-3-6-9/h1-6,8,11H. The number of para-hydroxylation sites is 1. The van der Waals surface area contributed by atoms with Gasteiger partial charge in [0.05, 0.1) is 11.5 Å². The maximum atomic E-state index is 11.2. The van der Waals surface area contributed by atoms with Crippen LogP contribution in [0.15, 0.2) is 41.8 Å². The van der Waals surface area contributed by atoms with E-state index < -0.39 is 10.0 Å². The van der Waals surface area contributed by atoms with E-state index in [1.165, 1.54) is 0 Å². The summed E-state index contributed by atoms with van der Waals surface area (Å²) in [4.78, 5) is 0. The van der Waals surface area contributed by atoms with E-state index >= 15 is 0 Å². The van der Waals surface area contributed by atoms with Gasteiger partial charge in [0, 0.05) is 11.8 Å². The smallest absolute Gasteiger partial charge is 0.255 e. The molecule has 1 aromatic rings. The molecule has 0 aliphatic rings. The number of benzene rings is 1. The fourth-order valence-electron chi connectivity index (χ4n) is 0.824. The maximum Gasteiger partial charge on any atom is 0.255 e. The molecule has 0 unspecified atom stereocenters. The van der Waals surface area contributed by atoms with E-state index in [0.29, 0.717) is 5.69 Å². The van der Waals surface area contributed by atoms with Gasteiger partial charge in [-0.1, -0.05) is 18.2 Å². The van der Waals surface area contributed by atoms with Gasteiger partial charge in [0.2, 0.25) is 0 Å². The Morgan fingerprint density at radius 2 is 1.93 bits per heavy atom. The van der Waals surface area contributed by atoms with Gasteiger partial charge in [-0.3, -0.25) is 4.72 Å². The molecule has 0 aliphatic carbocycles. The lowest BCUT2D eigenvalue weighted by Crippen LogP contribution is -2.08. The van der Waals surface area contributed by atoms with Crippen molar-refractivity contribution in [1.82, 2.24) is 0 Å². The highest BCUT2D eigenvalue weighted by Crippen LogP contribution is 2.08. The summed E-state index contributed by atoms with van der Waals surface area (Å²) < 4.78 is 24.7. The SMILES string of the molecule is N#CC=CS(=O)(=O)Nc1ccccc1. The third-order valence-corrected chi connectivity index (χ3v) is 2.37. The lowest BCUT2D eigenvalue weighted by Gasteiger charge is -2.02. The van der Waals surface area contributed by atoms with Crippen LogP contribution in [-0.4, -0.2) is 8.42 Å². The van der Waals surface area contributed by atoms with E-state index in [1.807, 2.05) is 0 Å². The molecule has 1 N–H and O–H groups in total. The van der Waals surface area contributed by atoms with Crippen molar-refractivity contribution in [3.05, 3.63) is 41.8 Å². The van der Waals surface area contributed by atoms with Crippen LogP contribution in [0.25, 0.3) is 0 Å². The van der Waals surface area contributed by atoms with Crippen LogP contribution in [0.1, 0.15) is 0 Å². The van der Waals surface area contributed by atoms with Crippen molar-refractivity contribution in [2.75, 3.05) is 4.72 Å². The Labute approximate surface area is 82.5 Å². The van der Waals surface area contributed by atoms with Gasteiger partial charge in [0.15, 0.2) is 0 Å². The molecule has 0 saturated carbocycles. The third-order valence-electron chi connectivity index (χ3n) is 1.36. The van der Waals surface area contributed by atoms with Gasteiger partial charge in [0.25, 0.3) is 10.0 Å². The van der Waals surface area contributed by atoms with E-state index in [-0.39, 0.29) is 0 Å². The molecule has 72 valence electrons. The van der Waals surface area contributed by atoms with Crippen LogP contribution in [0, 0.1) is 11.3 Å². The van der Waals surface area contributed by atoms with Crippen molar-refractivity contribution in [3.8, 4) is 6.07 Å². The normalized spacial score (nSPS) is 11.1. The second kappa shape index (κ2) is 4.44. The van der Waals surface area contributed by atoms with Crippen molar-refractivity contribution in [2.24, 2.45) is 0 Å². The predicted molar refractivity (Wildman–Crippen MR) is 53.7 cm³/mol. The molecular weight excluding hydrogens is 200 g/mol. The molecule has 0 aliphatic heterocycles. The summed E-state index contributed by atoms with van der Waals surface area (Å²) in [6.07, 6.45) is 0.908. The predicted octanol–water partition coefficient (Wildman–Crippen LogP) is 1.47. The van der Waals surface area contributed by atoms with Crippen LogP contribution in [-0.2, 0) is 10.0 Å². The minimum absolute atomic E-state index is 0.468. The Morgan fingerprint density at radius 3 is 2.50 bits per heavy atom. The van der Waals surface area contributed by atoms with Crippen molar-refractivity contribution >= 4 is 15.7 Å². The number of rotatable bonds is 3. The monoisotopic (exact) mass is 208 g/mol. The van der Waals surface area contributed by atoms with Crippen molar-refractivity contribution < 1.29 is 8.42 Å². The molecule has 0 aromatic heterocycles. The zero-order valence-corrected chi connectivity index (χ0v) is 8.03. The van der Waals surface area contributed by atoms with E-state index in [9.17, 15) is 8.42 Å². The summed E-state index contributed by atoms with van der Waals surface area (Å²) in [6.45, 7) is 0. The Bertz CT molecular complexity index is 457. The molecule has 0 amide bonds. The first kappa shape index (κ1) is 10.3. The van der Waals surface area contributed by atoms with Gasteiger partial charge >= 0.3 is 0 Å². The summed E-state index contributed by atoms with van der Waals surface area (Å²) in [5.74, 6) is 0. The fraction of sp³-hybridized carbons (Fsp3) is 0. The Morgan fingerprint density at radius 1 is 1.29 bits per heavy atom. The van der Waals surface area contributed by atoms with Crippen LogP contribution < -0.4 is 4.72 Å². The summed E-state index contributed by atoms with van der Waals surface area (Å²) in [5.41, 5.74) is 0.468. The third kappa shape index (κ3) is 3.29. The number of nitrogens with zero attached hydrogens (tertiary/aromatic N) is 1. The molecule has 4 nitrogen and oxygen atoms in total. The largest absolute Gasteiger partial charge is 0.280 e. The van der Waals surface area contributed by atoms with Crippen LogP contribution >= 0.6 is 0 Å². The van der Waals surface area contributed by atoms with Crippen LogP contribution in [0.3, 0.4) is 0 Å². The van der Waals surface area contributed by atoms with E-state index in [0.717, 1.165) is 11.5 Å². The highest BCUT2D eigenvalue weighted by Gasteiger charge is 2.03. The Balaban J connectivity index is 2.81. The number of nitrogens with one attached hydrogen (secondary N) is 1. The molecule has 0 heterocycles. The highest BCUT2D eigenvalue weighted by molar-refractivity contribution is 7.95. The molecular formula is C9H8N2O2S. The van der Waals surface area contributed by atoms with Gasteiger partial charge in [-0.25, -0.2) is 8.42 Å². The average molecular weight is 208 g/mol. The number of sulfonamides is 1. The summed E-state index contributed by atoms with van der Waals surface area (Å²) in [7, 11) is -3.55. The quantitative estimate of drug-likeness (QED) is 0.764. The molecule has 1 rings (SSSR count). The first-order valence-corrected chi connectivity index (χ1v) is 5.33. The van der Waals surface area contributed by atoms with E-state index in [2.05, 4.69) is 4.72 Å². The molecule has 0 saturated heterocycles. The molecule has 0 spiro atoms. The Kier molecular flexibility index (Phi) is 3.26. The second-order valence-corrected chi connectivity index (χ2v) is 4.01. The van der Waals surface area contributed by atoms with E-state index in [1.54, 1.807) is 36.4 Å². The van der Waals surface area contributed by atoms with Gasteiger partial charge < -0.3 is 0 Å². The number of anilines is 1. The molecule has 1 aromatic carbocycles. The lowest BCUT2D eigenvalue weighted by molar-refractivity contribution is 0.609. The summed E-state index contributed by atoms with van der Waals surface area (Å²) >= 11 is 0. The molecule has 0 bridgehead atoms. The highest BCUT2D eigenvalue weighted by atomic mass is 32.2. The number of hydrogen-bond donors (Lipinski definition) is 1.